The van der Waals surface area contributed by atoms with E-state index >= 15 is 0 Å². The van der Waals surface area contributed by atoms with Crippen molar-refractivity contribution in [3.8, 4) is 0 Å². The van der Waals surface area contributed by atoms with Gasteiger partial charge in [-0.1, -0.05) is 26.7 Å². The summed E-state index contributed by atoms with van der Waals surface area (Å²) in [6.45, 7) is 17.4. The molecule has 0 saturated heterocycles. The van der Waals surface area contributed by atoms with Crippen LogP contribution < -0.4 is 5.32 Å². The summed E-state index contributed by atoms with van der Waals surface area (Å²) in [6, 6.07) is 0.749. The summed E-state index contributed by atoms with van der Waals surface area (Å²) in [5, 5.41) is 3.56. The molecule has 1 atom stereocenters. The number of nitrogens with zero attached hydrogens (tertiary/aromatic N) is 1. The molecule has 0 aromatic heterocycles. The molecule has 0 aliphatic rings. The van der Waals surface area contributed by atoms with E-state index in [0.29, 0.717) is 0 Å². The summed E-state index contributed by atoms with van der Waals surface area (Å²) < 4.78 is 0. The SMILES string of the molecule is CCCCN(CCCCCNC(C)(C)C)C(C)CC. The van der Waals surface area contributed by atoms with Crippen LogP contribution in [0.5, 0.6) is 0 Å². The summed E-state index contributed by atoms with van der Waals surface area (Å²) in [6.07, 6.45) is 7.93. The van der Waals surface area contributed by atoms with Crippen LogP contribution in [-0.4, -0.2) is 36.1 Å². The minimum Gasteiger partial charge on any atom is -0.312 e. The molecule has 0 radical (unpaired) electrons. The van der Waals surface area contributed by atoms with Crippen molar-refractivity contribution in [2.45, 2.75) is 91.6 Å². The van der Waals surface area contributed by atoms with Gasteiger partial charge in [0.2, 0.25) is 0 Å². The van der Waals surface area contributed by atoms with Crippen LogP contribution in [0.15, 0.2) is 0 Å². The lowest BCUT2D eigenvalue weighted by atomic mass is 10.1. The average Bonchev–Trinajstić information content (AvgIpc) is 2.34. The second-order valence-electron chi connectivity index (χ2n) is 6.88. The van der Waals surface area contributed by atoms with Crippen molar-refractivity contribution in [2.24, 2.45) is 0 Å². The molecule has 0 amide bonds. The average molecular weight is 271 g/mol. The highest BCUT2D eigenvalue weighted by Crippen LogP contribution is 2.08. The van der Waals surface area contributed by atoms with Gasteiger partial charge in [0.25, 0.3) is 0 Å². The first-order chi connectivity index (χ1) is 8.90. The zero-order valence-corrected chi connectivity index (χ0v) is 14.4. The van der Waals surface area contributed by atoms with E-state index in [9.17, 15) is 0 Å². The lowest BCUT2D eigenvalue weighted by molar-refractivity contribution is 0.196. The molecular weight excluding hydrogens is 232 g/mol. The highest BCUT2D eigenvalue weighted by atomic mass is 15.1. The molecule has 0 spiro atoms. The number of hydrogen-bond acceptors (Lipinski definition) is 2. The Hall–Kier alpha value is -0.0800. The Morgan fingerprint density at radius 3 is 2.11 bits per heavy atom. The number of nitrogens with one attached hydrogen (secondary N) is 1. The number of hydrogen-bond donors (Lipinski definition) is 1. The van der Waals surface area contributed by atoms with Crippen molar-refractivity contribution in [1.29, 1.82) is 0 Å². The molecule has 116 valence electrons. The fourth-order valence-corrected chi connectivity index (χ4v) is 2.25. The molecule has 2 nitrogen and oxygen atoms in total. The molecule has 0 aromatic rings. The van der Waals surface area contributed by atoms with Gasteiger partial charge >= 0.3 is 0 Å². The van der Waals surface area contributed by atoms with E-state index < -0.39 is 0 Å². The quantitative estimate of drug-likeness (QED) is 0.558. The summed E-state index contributed by atoms with van der Waals surface area (Å²) in [5.74, 6) is 0. The molecule has 0 rings (SSSR count). The van der Waals surface area contributed by atoms with Gasteiger partial charge in [-0.15, -0.1) is 0 Å². The monoisotopic (exact) mass is 270 g/mol. The molecule has 0 aromatic carbocycles. The highest BCUT2D eigenvalue weighted by Gasteiger charge is 2.11. The first-order valence-electron chi connectivity index (χ1n) is 8.39. The third-order valence-electron chi connectivity index (χ3n) is 3.79. The molecular formula is C17H38N2. The van der Waals surface area contributed by atoms with E-state index in [-0.39, 0.29) is 5.54 Å². The molecule has 0 aliphatic heterocycles. The van der Waals surface area contributed by atoms with Gasteiger partial charge in [0.05, 0.1) is 0 Å². The predicted octanol–water partition coefficient (Wildman–Crippen LogP) is 4.45. The van der Waals surface area contributed by atoms with Crippen LogP contribution >= 0.6 is 0 Å². The van der Waals surface area contributed by atoms with Crippen molar-refractivity contribution in [3.63, 3.8) is 0 Å². The van der Waals surface area contributed by atoms with Gasteiger partial charge in [-0.25, -0.2) is 0 Å². The Kier molecular flexibility index (Phi) is 10.6. The van der Waals surface area contributed by atoms with Gasteiger partial charge in [0, 0.05) is 11.6 Å². The highest BCUT2D eigenvalue weighted by molar-refractivity contribution is 4.70. The normalized spacial score (nSPS) is 14.1. The molecule has 2 heteroatoms. The second-order valence-corrected chi connectivity index (χ2v) is 6.88. The Morgan fingerprint density at radius 1 is 0.947 bits per heavy atom. The zero-order valence-electron chi connectivity index (χ0n) is 14.4. The van der Waals surface area contributed by atoms with E-state index in [1.54, 1.807) is 0 Å². The van der Waals surface area contributed by atoms with Crippen LogP contribution in [0.1, 0.15) is 80.1 Å². The van der Waals surface area contributed by atoms with Crippen LogP contribution in [0.25, 0.3) is 0 Å². The van der Waals surface area contributed by atoms with Crippen molar-refractivity contribution in [3.05, 3.63) is 0 Å². The zero-order chi connectivity index (χ0) is 14.7. The number of rotatable bonds is 11. The Morgan fingerprint density at radius 2 is 1.58 bits per heavy atom. The molecule has 0 saturated carbocycles. The van der Waals surface area contributed by atoms with Crippen LogP contribution in [0.2, 0.25) is 0 Å². The Bertz CT molecular complexity index is 196. The van der Waals surface area contributed by atoms with Crippen LogP contribution in [0.3, 0.4) is 0 Å². The maximum atomic E-state index is 3.56. The molecule has 0 bridgehead atoms. The fourth-order valence-electron chi connectivity index (χ4n) is 2.25. The first kappa shape index (κ1) is 18.9. The van der Waals surface area contributed by atoms with Gasteiger partial charge in [0.15, 0.2) is 0 Å². The van der Waals surface area contributed by atoms with Gasteiger partial charge in [0.1, 0.15) is 0 Å². The van der Waals surface area contributed by atoms with Crippen molar-refractivity contribution in [1.82, 2.24) is 10.2 Å². The molecule has 1 unspecified atom stereocenters. The van der Waals surface area contributed by atoms with E-state index in [4.69, 9.17) is 0 Å². The molecule has 1 N–H and O–H groups in total. The topological polar surface area (TPSA) is 15.3 Å². The Labute approximate surface area is 122 Å². The fraction of sp³-hybridized carbons (Fsp3) is 1.00. The molecule has 0 fully saturated rings. The molecule has 19 heavy (non-hydrogen) atoms. The minimum atomic E-state index is 0.268. The summed E-state index contributed by atoms with van der Waals surface area (Å²) in [7, 11) is 0. The molecule has 0 aliphatic carbocycles. The lowest BCUT2D eigenvalue weighted by Crippen LogP contribution is -2.36. The van der Waals surface area contributed by atoms with Gasteiger partial charge in [-0.05, 0) is 73.0 Å². The maximum absolute atomic E-state index is 3.56. The lowest BCUT2D eigenvalue weighted by Gasteiger charge is -2.28. The number of unbranched alkanes of at least 4 members (excludes halogenated alkanes) is 3. The van der Waals surface area contributed by atoms with E-state index in [1.807, 2.05) is 0 Å². The maximum Gasteiger partial charge on any atom is 0.00965 e. The third kappa shape index (κ3) is 11.4. The van der Waals surface area contributed by atoms with E-state index in [2.05, 4.69) is 51.8 Å². The third-order valence-corrected chi connectivity index (χ3v) is 3.79. The van der Waals surface area contributed by atoms with Gasteiger partial charge in [-0.2, -0.15) is 0 Å². The van der Waals surface area contributed by atoms with Crippen molar-refractivity contribution < 1.29 is 0 Å². The standard InChI is InChI=1S/C17H38N2/c1-7-9-14-19(16(3)8-2)15-12-10-11-13-18-17(4,5)6/h16,18H,7-15H2,1-6H3. The van der Waals surface area contributed by atoms with E-state index in [0.717, 1.165) is 12.6 Å². The van der Waals surface area contributed by atoms with Crippen LogP contribution in [0.4, 0.5) is 0 Å². The van der Waals surface area contributed by atoms with Crippen molar-refractivity contribution in [2.75, 3.05) is 19.6 Å². The van der Waals surface area contributed by atoms with Gasteiger partial charge < -0.3 is 10.2 Å². The van der Waals surface area contributed by atoms with Crippen LogP contribution in [0, 0.1) is 0 Å². The summed E-state index contributed by atoms with van der Waals surface area (Å²) in [4.78, 5) is 2.68. The smallest absolute Gasteiger partial charge is 0.00965 e. The second kappa shape index (κ2) is 10.7. The van der Waals surface area contributed by atoms with E-state index in [1.165, 1.54) is 51.6 Å². The first-order valence-corrected chi connectivity index (χ1v) is 8.39. The predicted molar refractivity (Wildman–Crippen MR) is 87.8 cm³/mol. The minimum absolute atomic E-state index is 0.268. The largest absolute Gasteiger partial charge is 0.312 e. The molecule has 0 heterocycles. The summed E-state index contributed by atoms with van der Waals surface area (Å²) >= 11 is 0. The van der Waals surface area contributed by atoms with Crippen molar-refractivity contribution >= 4 is 0 Å². The Balaban J connectivity index is 3.68. The van der Waals surface area contributed by atoms with Gasteiger partial charge in [-0.3, -0.25) is 0 Å². The summed E-state index contributed by atoms with van der Waals surface area (Å²) in [5.41, 5.74) is 0.268. The van der Waals surface area contributed by atoms with Crippen LogP contribution in [-0.2, 0) is 0 Å².